The van der Waals surface area contributed by atoms with Gasteiger partial charge >= 0.3 is 0 Å². The maximum atomic E-state index is 12.0. The molecule has 2 N–H and O–H groups in total. The van der Waals surface area contributed by atoms with Crippen LogP contribution in [0.2, 0.25) is 0 Å². The van der Waals surface area contributed by atoms with Crippen LogP contribution >= 0.6 is 11.3 Å². The Labute approximate surface area is 139 Å². The number of amides is 2. The van der Waals surface area contributed by atoms with E-state index in [0.717, 1.165) is 16.9 Å². The molecule has 2 rings (SSSR count). The molecule has 0 bridgehead atoms. The standard InChI is InChI=1S/C17H20N2O3S/c1-11-6-7-14(22-3)13(9-11)12(2)19-16(20)10-18-17(21)15-5-4-8-23-15/h4-9,12H,10H2,1-3H3,(H,18,21)(H,19,20). The molecule has 1 aromatic heterocycles. The molecule has 5 nitrogen and oxygen atoms in total. The van der Waals surface area contributed by atoms with Crippen LogP contribution in [0.25, 0.3) is 0 Å². The van der Waals surface area contributed by atoms with Gasteiger partial charge < -0.3 is 15.4 Å². The fourth-order valence-electron chi connectivity index (χ4n) is 2.22. The maximum Gasteiger partial charge on any atom is 0.261 e. The molecule has 0 spiro atoms. The Kier molecular flexibility index (Phi) is 5.76. The van der Waals surface area contributed by atoms with Crippen LogP contribution in [-0.4, -0.2) is 25.5 Å². The Morgan fingerprint density at radius 2 is 2.09 bits per heavy atom. The summed E-state index contributed by atoms with van der Waals surface area (Å²) in [5, 5.41) is 7.30. The Morgan fingerprint density at radius 3 is 2.74 bits per heavy atom. The van der Waals surface area contributed by atoms with Gasteiger partial charge in [-0.25, -0.2) is 0 Å². The lowest BCUT2D eigenvalue weighted by molar-refractivity contribution is -0.120. The number of ether oxygens (including phenoxy) is 1. The minimum Gasteiger partial charge on any atom is -0.496 e. The van der Waals surface area contributed by atoms with Crippen LogP contribution in [0.15, 0.2) is 35.7 Å². The van der Waals surface area contributed by atoms with Gasteiger partial charge in [0.2, 0.25) is 5.91 Å². The topological polar surface area (TPSA) is 67.4 Å². The molecule has 0 aliphatic heterocycles. The Hall–Kier alpha value is -2.34. The highest BCUT2D eigenvalue weighted by molar-refractivity contribution is 7.12. The second-order valence-electron chi connectivity index (χ2n) is 5.19. The molecule has 0 radical (unpaired) electrons. The van der Waals surface area contributed by atoms with Gasteiger partial charge in [0.15, 0.2) is 0 Å². The average molecular weight is 332 g/mol. The average Bonchev–Trinajstić information content (AvgIpc) is 3.07. The number of carbonyl (C=O) groups is 2. The van der Waals surface area contributed by atoms with Gasteiger partial charge in [-0.1, -0.05) is 23.8 Å². The first-order valence-corrected chi connectivity index (χ1v) is 8.15. The quantitative estimate of drug-likeness (QED) is 0.854. The predicted octanol–water partition coefficient (Wildman–Crippen LogP) is 2.67. The third kappa shape index (κ3) is 4.56. The van der Waals surface area contributed by atoms with Crippen molar-refractivity contribution in [3.05, 3.63) is 51.7 Å². The zero-order valence-corrected chi connectivity index (χ0v) is 14.2. The molecule has 1 atom stereocenters. The number of hydrogen-bond acceptors (Lipinski definition) is 4. The highest BCUT2D eigenvalue weighted by Crippen LogP contribution is 2.25. The summed E-state index contributed by atoms with van der Waals surface area (Å²) in [6, 6.07) is 9.12. The van der Waals surface area contributed by atoms with Gasteiger partial charge in [-0.3, -0.25) is 9.59 Å². The number of carbonyl (C=O) groups excluding carboxylic acids is 2. The summed E-state index contributed by atoms with van der Waals surface area (Å²) in [4.78, 5) is 24.4. The van der Waals surface area contributed by atoms with E-state index < -0.39 is 0 Å². The van der Waals surface area contributed by atoms with Crippen molar-refractivity contribution < 1.29 is 14.3 Å². The van der Waals surface area contributed by atoms with Crippen LogP contribution in [0.5, 0.6) is 5.75 Å². The minimum atomic E-state index is -0.244. The van der Waals surface area contributed by atoms with Crippen LogP contribution in [0.3, 0.4) is 0 Å². The second kappa shape index (κ2) is 7.78. The molecular weight excluding hydrogens is 312 g/mol. The zero-order chi connectivity index (χ0) is 16.8. The molecule has 6 heteroatoms. The van der Waals surface area contributed by atoms with E-state index in [0.29, 0.717) is 4.88 Å². The molecule has 1 heterocycles. The lowest BCUT2D eigenvalue weighted by atomic mass is 10.0. The maximum absolute atomic E-state index is 12.0. The Morgan fingerprint density at radius 1 is 1.30 bits per heavy atom. The van der Waals surface area contributed by atoms with Gasteiger partial charge in [0.1, 0.15) is 5.75 Å². The summed E-state index contributed by atoms with van der Waals surface area (Å²) in [7, 11) is 1.60. The van der Waals surface area contributed by atoms with Crippen molar-refractivity contribution in [2.75, 3.05) is 13.7 Å². The van der Waals surface area contributed by atoms with Gasteiger partial charge in [-0.05, 0) is 31.4 Å². The first kappa shape index (κ1) is 17.0. The molecule has 0 saturated heterocycles. The summed E-state index contributed by atoms with van der Waals surface area (Å²) in [6.07, 6.45) is 0. The van der Waals surface area contributed by atoms with Gasteiger partial charge in [0.25, 0.3) is 5.91 Å². The van der Waals surface area contributed by atoms with E-state index >= 15 is 0 Å². The lowest BCUT2D eigenvalue weighted by Crippen LogP contribution is -2.37. The molecule has 1 aromatic carbocycles. The monoisotopic (exact) mass is 332 g/mol. The van der Waals surface area contributed by atoms with E-state index in [4.69, 9.17) is 4.74 Å². The van der Waals surface area contributed by atoms with Crippen LogP contribution < -0.4 is 15.4 Å². The third-order valence-electron chi connectivity index (χ3n) is 3.38. The summed E-state index contributed by atoms with van der Waals surface area (Å²) in [6.45, 7) is 3.81. The van der Waals surface area contributed by atoms with Crippen molar-refractivity contribution in [1.82, 2.24) is 10.6 Å². The van der Waals surface area contributed by atoms with Crippen molar-refractivity contribution in [3.8, 4) is 5.75 Å². The van der Waals surface area contributed by atoms with E-state index in [1.807, 2.05) is 37.4 Å². The number of aryl methyl sites for hydroxylation is 1. The Balaban J connectivity index is 1.92. The van der Waals surface area contributed by atoms with Gasteiger partial charge in [-0.2, -0.15) is 0 Å². The van der Waals surface area contributed by atoms with E-state index in [1.54, 1.807) is 19.2 Å². The number of hydrogen-bond donors (Lipinski definition) is 2. The predicted molar refractivity (Wildman–Crippen MR) is 90.9 cm³/mol. The van der Waals surface area contributed by atoms with Crippen molar-refractivity contribution in [2.24, 2.45) is 0 Å². The molecule has 0 saturated carbocycles. The molecule has 23 heavy (non-hydrogen) atoms. The van der Waals surface area contributed by atoms with Crippen LogP contribution in [0.1, 0.15) is 33.8 Å². The fraction of sp³-hybridized carbons (Fsp3) is 0.294. The number of thiophene rings is 1. The second-order valence-corrected chi connectivity index (χ2v) is 6.14. The van der Waals surface area contributed by atoms with Gasteiger partial charge in [0, 0.05) is 5.56 Å². The zero-order valence-electron chi connectivity index (χ0n) is 13.4. The lowest BCUT2D eigenvalue weighted by Gasteiger charge is -2.18. The van der Waals surface area contributed by atoms with E-state index in [-0.39, 0.29) is 24.4 Å². The smallest absolute Gasteiger partial charge is 0.261 e. The van der Waals surface area contributed by atoms with Crippen molar-refractivity contribution in [1.29, 1.82) is 0 Å². The van der Waals surface area contributed by atoms with Crippen molar-refractivity contribution in [3.63, 3.8) is 0 Å². The first-order chi connectivity index (χ1) is 11.0. The van der Waals surface area contributed by atoms with E-state index in [2.05, 4.69) is 10.6 Å². The van der Waals surface area contributed by atoms with Crippen LogP contribution in [0, 0.1) is 6.92 Å². The normalized spacial score (nSPS) is 11.6. The van der Waals surface area contributed by atoms with Crippen LogP contribution in [0.4, 0.5) is 0 Å². The van der Waals surface area contributed by atoms with Crippen LogP contribution in [-0.2, 0) is 4.79 Å². The minimum absolute atomic E-state index is 0.0603. The van der Waals surface area contributed by atoms with E-state index in [1.165, 1.54) is 11.3 Å². The number of methoxy groups -OCH3 is 1. The molecule has 2 amide bonds. The van der Waals surface area contributed by atoms with Crippen molar-refractivity contribution in [2.45, 2.75) is 19.9 Å². The van der Waals surface area contributed by atoms with Gasteiger partial charge in [-0.15, -0.1) is 11.3 Å². The number of benzene rings is 1. The molecule has 122 valence electrons. The van der Waals surface area contributed by atoms with Crippen molar-refractivity contribution >= 4 is 23.2 Å². The van der Waals surface area contributed by atoms with Gasteiger partial charge in [0.05, 0.1) is 24.6 Å². The summed E-state index contributed by atoms with van der Waals surface area (Å²) in [5.41, 5.74) is 2.00. The molecule has 0 fully saturated rings. The molecular formula is C17H20N2O3S. The molecule has 2 aromatic rings. The third-order valence-corrected chi connectivity index (χ3v) is 4.25. The molecule has 1 unspecified atom stereocenters. The largest absolute Gasteiger partial charge is 0.496 e. The summed E-state index contributed by atoms with van der Waals surface area (Å²) < 4.78 is 5.33. The Bertz CT molecular complexity index is 683. The highest BCUT2D eigenvalue weighted by Gasteiger charge is 2.15. The summed E-state index contributed by atoms with van der Waals surface area (Å²) >= 11 is 1.34. The first-order valence-electron chi connectivity index (χ1n) is 7.27. The molecule has 0 aliphatic rings. The highest BCUT2D eigenvalue weighted by atomic mass is 32.1. The van der Waals surface area contributed by atoms with E-state index in [9.17, 15) is 9.59 Å². The summed E-state index contributed by atoms with van der Waals surface area (Å²) in [5.74, 6) is 0.243. The SMILES string of the molecule is COc1ccc(C)cc1C(C)NC(=O)CNC(=O)c1cccs1. The fourth-order valence-corrected chi connectivity index (χ4v) is 2.86. The number of rotatable bonds is 6. The number of nitrogens with one attached hydrogen (secondary N) is 2. The molecule has 0 aliphatic carbocycles.